The van der Waals surface area contributed by atoms with Gasteiger partial charge in [0, 0.05) is 11.2 Å². The molecular formula is C19H16BrClN4O3. The molecule has 28 heavy (non-hydrogen) atoms. The number of ether oxygens (including phenoxy) is 1. The third-order valence-electron chi connectivity index (χ3n) is 3.77. The molecular weight excluding hydrogens is 448 g/mol. The fourth-order valence-electron chi connectivity index (χ4n) is 2.40. The van der Waals surface area contributed by atoms with E-state index in [4.69, 9.17) is 16.3 Å². The molecule has 0 aliphatic carbocycles. The third kappa shape index (κ3) is 4.90. The van der Waals surface area contributed by atoms with Crippen LogP contribution in [-0.4, -0.2) is 34.1 Å². The molecule has 0 radical (unpaired) electrons. The molecule has 0 saturated carbocycles. The van der Waals surface area contributed by atoms with Crippen LogP contribution >= 0.6 is 27.5 Å². The molecule has 2 aromatic carbocycles. The Morgan fingerprint density at radius 1 is 1.36 bits per heavy atom. The predicted octanol–water partition coefficient (Wildman–Crippen LogP) is 3.83. The van der Waals surface area contributed by atoms with Crippen LogP contribution in [0.3, 0.4) is 0 Å². The van der Waals surface area contributed by atoms with Crippen molar-refractivity contribution in [2.45, 2.75) is 6.54 Å². The van der Waals surface area contributed by atoms with Gasteiger partial charge in [0.25, 0.3) is 5.91 Å². The lowest BCUT2D eigenvalue weighted by atomic mass is 10.2. The van der Waals surface area contributed by atoms with E-state index in [2.05, 4.69) is 31.6 Å². The van der Waals surface area contributed by atoms with Crippen LogP contribution in [0.25, 0.3) is 0 Å². The van der Waals surface area contributed by atoms with Gasteiger partial charge in [-0.3, -0.25) is 9.48 Å². The summed E-state index contributed by atoms with van der Waals surface area (Å²) in [5.41, 5.74) is 4.31. The molecule has 0 bridgehead atoms. The number of methoxy groups -OCH3 is 1. The summed E-state index contributed by atoms with van der Waals surface area (Å²) >= 11 is 9.23. The number of hydrogen-bond donors (Lipinski definition) is 2. The monoisotopic (exact) mass is 462 g/mol. The normalized spacial score (nSPS) is 11.0. The van der Waals surface area contributed by atoms with Crippen molar-refractivity contribution in [1.29, 1.82) is 0 Å². The zero-order valence-electron chi connectivity index (χ0n) is 14.8. The van der Waals surface area contributed by atoms with Crippen LogP contribution in [0.4, 0.5) is 0 Å². The molecule has 3 aromatic rings. The maximum absolute atomic E-state index is 12.3. The van der Waals surface area contributed by atoms with Crippen molar-refractivity contribution in [3.8, 4) is 11.5 Å². The van der Waals surface area contributed by atoms with Gasteiger partial charge >= 0.3 is 0 Å². The summed E-state index contributed by atoms with van der Waals surface area (Å²) in [6, 6.07) is 12.1. The van der Waals surface area contributed by atoms with E-state index >= 15 is 0 Å². The lowest BCUT2D eigenvalue weighted by Gasteiger charge is -2.03. The molecule has 1 amide bonds. The van der Waals surface area contributed by atoms with Gasteiger partial charge in [-0.25, -0.2) is 5.43 Å². The molecule has 7 nitrogen and oxygen atoms in total. The Labute approximate surface area is 174 Å². The Kier molecular flexibility index (Phi) is 6.33. The zero-order valence-corrected chi connectivity index (χ0v) is 17.1. The number of nitrogens with zero attached hydrogens (tertiary/aromatic N) is 3. The number of phenolic OH excluding ortho intramolecular Hbond substituents is 1. The Morgan fingerprint density at radius 2 is 2.11 bits per heavy atom. The van der Waals surface area contributed by atoms with Crippen LogP contribution in [0.15, 0.2) is 58.2 Å². The minimum absolute atomic E-state index is 0.0267. The van der Waals surface area contributed by atoms with E-state index in [1.54, 1.807) is 35.1 Å². The number of benzene rings is 2. The van der Waals surface area contributed by atoms with Gasteiger partial charge in [-0.05, 0) is 57.4 Å². The summed E-state index contributed by atoms with van der Waals surface area (Å²) in [4.78, 5) is 12.3. The van der Waals surface area contributed by atoms with E-state index in [-0.39, 0.29) is 11.4 Å². The van der Waals surface area contributed by atoms with Crippen molar-refractivity contribution in [2.75, 3.05) is 7.11 Å². The van der Waals surface area contributed by atoms with E-state index in [0.717, 1.165) is 5.56 Å². The van der Waals surface area contributed by atoms with Crippen molar-refractivity contribution < 1.29 is 14.6 Å². The van der Waals surface area contributed by atoms with E-state index < -0.39 is 5.91 Å². The predicted molar refractivity (Wildman–Crippen MR) is 110 cm³/mol. The van der Waals surface area contributed by atoms with Crippen LogP contribution in [0.5, 0.6) is 11.5 Å². The van der Waals surface area contributed by atoms with Gasteiger partial charge in [-0.2, -0.15) is 10.2 Å². The molecule has 1 aromatic heterocycles. The quantitative estimate of drug-likeness (QED) is 0.430. The molecule has 9 heteroatoms. The Bertz CT molecular complexity index is 1020. The highest BCUT2D eigenvalue weighted by molar-refractivity contribution is 9.10. The molecule has 0 unspecified atom stereocenters. The lowest BCUT2D eigenvalue weighted by molar-refractivity contribution is 0.0948. The van der Waals surface area contributed by atoms with Crippen LogP contribution < -0.4 is 10.2 Å². The molecule has 0 atom stereocenters. The summed E-state index contributed by atoms with van der Waals surface area (Å²) < 4.78 is 7.24. The third-order valence-corrected chi connectivity index (χ3v) is 4.61. The van der Waals surface area contributed by atoms with E-state index in [0.29, 0.717) is 27.4 Å². The van der Waals surface area contributed by atoms with Crippen LogP contribution in [-0.2, 0) is 6.54 Å². The number of hydrogen-bond acceptors (Lipinski definition) is 5. The molecule has 2 N–H and O–H groups in total. The fraction of sp³-hybridized carbons (Fsp3) is 0.105. The number of carbonyl (C=O) groups excluding carboxylic acids is 1. The highest BCUT2D eigenvalue weighted by atomic mass is 79.9. The van der Waals surface area contributed by atoms with Gasteiger partial charge in [0.05, 0.1) is 24.3 Å². The number of carbonyl (C=O) groups is 1. The molecule has 0 saturated heterocycles. The topological polar surface area (TPSA) is 88.7 Å². The maximum atomic E-state index is 12.3. The van der Waals surface area contributed by atoms with Gasteiger partial charge < -0.3 is 9.84 Å². The van der Waals surface area contributed by atoms with Gasteiger partial charge in [-0.1, -0.05) is 23.7 Å². The first kappa shape index (κ1) is 19.9. The minimum Gasteiger partial charge on any atom is -0.504 e. The Balaban J connectivity index is 1.66. The standard InChI is InChI=1S/C19H16BrClN4O3/c1-28-17-8-13(4-7-16(17)26)9-22-23-19(27)18-15(20)11-25(24-18)10-12-2-5-14(21)6-3-12/h2-9,11,26H,10H2,1H3,(H,23,27). The molecule has 0 aliphatic rings. The van der Waals surface area contributed by atoms with Gasteiger partial charge in [-0.15, -0.1) is 0 Å². The van der Waals surface area contributed by atoms with Crippen LogP contribution in [0, 0.1) is 0 Å². The zero-order chi connectivity index (χ0) is 20.1. The van der Waals surface area contributed by atoms with Crippen molar-refractivity contribution in [2.24, 2.45) is 5.10 Å². The SMILES string of the molecule is COc1cc(C=NNC(=O)c2nn(Cc3ccc(Cl)cc3)cc2Br)ccc1O. The van der Waals surface area contributed by atoms with Gasteiger partial charge in [0.1, 0.15) is 0 Å². The number of hydrazone groups is 1. The second-order valence-corrected chi connectivity index (χ2v) is 7.07. The fourth-order valence-corrected chi connectivity index (χ4v) is 3.02. The summed E-state index contributed by atoms with van der Waals surface area (Å²) in [5.74, 6) is -0.110. The first-order valence-electron chi connectivity index (χ1n) is 8.14. The highest BCUT2D eigenvalue weighted by Crippen LogP contribution is 2.25. The smallest absolute Gasteiger partial charge is 0.293 e. The van der Waals surface area contributed by atoms with Crippen molar-refractivity contribution in [1.82, 2.24) is 15.2 Å². The second kappa shape index (κ2) is 8.90. The molecule has 1 heterocycles. The van der Waals surface area contributed by atoms with E-state index in [9.17, 15) is 9.90 Å². The number of phenols is 1. The summed E-state index contributed by atoms with van der Waals surface area (Å²) in [7, 11) is 1.45. The van der Waals surface area contributed by atoms with Crippen LogP contribution in [0.1, 0.15) is 21.6 Å². The molecule has 144 valence electrons. The average molecular weight is 464 g/mol. The molecule has 3 rings (SSSR count). The minimum atomic E-state index is -0.455. The average Bonchev–Trinajstić information content (AvgIpc) is 3.05. The number of amides is 1. The molecule has 0 aliphatic heterocycles. The Hall–Kier alpha value is -2.84. The highest BCUT2D eigenvalue weighted by Gasteiger charge is 2.15. The largest absolute Gasteiger partial charge is 0.504 e. The Morgan fingerprint density at radius 3 is 2.82 bits per heavy atom. The van der Waals surface area contributed by atoms with Crippen molar-refractivity contribution in [3.63, 3.8) is 0 Å². The summed E-state index contributed by atoms with van der Waals surface area (Å²) in [6.45, 7) is 0.500. The first-order valence-corrected chi connectivity index (χ1v) is 9.31. The van der Waals surface area contributed by atoms with E-state index in [1.807, 2.05) is 12.1 Å². The van der Waals surface area contributed by atoms with Crippen LogP contribution in [0.2, 0.25) is 5.02 Å². The molecule has 0 fully saturated rings. The van der Waals surface area contributed by atoms with Crippen molar-refractivity contribution >= 4 is 39.7 Å². The maximum Gasteiger partial charge on any atom is 0.293 e. The van der Waals surface area contributed by atoms with Gasteiger partial charge in [0.2, 0.25) is 0 Å². The number of aromatic nitrogens is 2. The van der Waals surface area contributed by atoms with Crippen molar-refractivity contribution in [3.05, 3.63) is 75.0 Å². The number of halogens is 2. The number of rotatable bonds is 6. The molecule has 0 spiro atoms. The van der Waals surface area contributed by atoms with Gasteiger partial charge in [0.15, 0.2) is 17.2 Å². The number of nitrogens with one attached hydrogen (secondary N) is 1. The lowest BCUT2D eigenvalue weighted by Crippen LogP contribution is -2.19. The summed E-state index contributed by atoms with van der Waals surface area (Å²) in [6.07, 6.45) is 3.16. The van der Waals surface area contributed by atoms with E-state index in [1.165, 1.54) is 19.4 Å². The summed E-state index contributed by atoms with van der Waals surface area (Å²) in [5, 5.41) is 18.5. The first-order chi connectivity index (χ1) is 13.5. The number of aromatic hydroxyl groups is 1. The second-order valence-electron chi connectivity index (χ2n) is 5.78.